The van der Waals surface area contributed by atoms with Gasteiger partial charge in [0.05, 0.1) is 16.6 Å². The first-order valence-electron chi connectivity index (χ1n) is 9.72. The maximum atomic E-state index is 15.0. The van der Waals surface area contributed by atoms with Crippen molar-refractivity contribution in [1.82, 2.24) is 4.90 Å². The van der Waals surface area contributed by atoms with Crippen LogP contribution in [-0.2, 0) is 10.3 Å². The molecule has 10 heteroatoms. The van der Waals surface area contributed by atoms with E-state index in [-0.39, 0.29) is 28.4 Å². The number of aliphatic imine (C=N–C) groups is 1. The lowest BCUT2D eigenvalue weighted by Gasteiger charge is -2.48. The van der Waals surface area contributed by atoms with Crippen molar-refractivity contribution in [3.8, 4) is 0 Å². The fraction of sp³-hybridized carbons (Fsp3) is 0.600. The number of nitro benzene ring substituents is 1. The number of nitrogens with zero attached hydrogens (tertiary/aromatic N) is 3. The molecule has 1 aliphatic heterocycles. The van der Waals surface area contributed by atoms with Gasteiger partial charge >= 0.3 is 6.09 Å². The zero-order chi connectivity index (χ0) is 22.3. The Balaban J connectivity index is 2.20. The van der Waals surface area contributed by atoms with Gasteiger partial charge in [-0.25, -0.2) is 9.18 Å². The molecule has 0 aromatic heterocycles. The van der Waals surface area contributed by atoms with E-state index in [1.165, 1.54) is 22.7 Å². The summed E-state index contributed by atoms with van der Waals surface area (Å²) < 4.78 is 20.5. The Labute approximate surface area is 178 Å². The zero-order valence-corrected chi connectivity index (χ0v) is 18.2. The molecule has 0 bridgehead atoms. The second-order valence-electron chi connectivity index (χ2n) is 8.67. The van der Waals surface area contributed by atoms with Crippen LogP contribution in [0.15, 0.2) is 23.2 Å². The molecular formula is C20H26FN3O5S. The van der Waals surface area contributed by atoms with E-state index in [2.05, 4.69) is 0 Å². The van der Waals surface area contributed by atoms with Crippen molar-refractivity contribution in [2.45, 2.75) is 57.2 Å². The van der Waals surface area contributed by atoms with Gasteiger partial charge in [0.2, 0.25) is 0 Å². The Morgan fingerprint density at radius 3 is 2.73 bits per heavy atom. The zero-order valence-electron chi connectivity index (χ0n) is 17.4. The predicted octanol–water partition coefficient (Wildman–Crippen LogP) is 4.63. The van der Waals surface area contributed by atoms with Gasteiger partial charge < -0.3 is 9.84 Å². The van der Waals surface area contributed by atoms with Crippen LogP contribution in [0.25, 0.3) is 0 Å². The van der Waals surface area contributed by atoms with Crippen LogP contribution in [0.3, 0.4) is 0 Å². The predicted molar refractivity (Wildman–Crippen MR) is 112 cm³/mol. The smallest absolute Gasteiger partial charge is 0.413 e. The van der Waals surface area contributed by atoms with Gasteiger partial charge in [0, 0.05) is 42.0 Å². The number of hydrogen-bond acceptors (Lipinski definition) is 6. The fourth-order valence-corrected chi connectivity index (χ4v) is 5.77. The largest absolute Gasteiger partial charge is 0.465 e. The molecule has 3 atom stereocenters. The SMILES string of the molecule is CO[C@H]1CC[C@]2(c3cc([N+](=O)[O-])ccc3F)N=C(N(C(=O)O)C(C)(C)C)SC[C@@H]2C1. The molecule has 1 amide bonds. The highest BCUT2D eigenvalue weighted by Gasteiger charge is 2.50. The molecule has 0 spiro atoms. The van der Waals surface area contributed by atoms with E-state index < -0.39 is 27.9 Å². The van der Waals surface area contributed by atoms with Crippen molar-refractivity contribution in [2.75, 3.05) is 12.9 Å². The van der Waals surface area contributed by atoms with Gasteiger partial charge in [0.1, 0.15) is 5.82 Å². The summed E-state index contributed by atoms with van der Waals surface area (Å²) in [6, 6.07) is 3.47. The van der Waals surface area contributed by atoms with E-state index in [0.717, 1.165) is 12.1 Å². The summed E-state index contributed by atoms with van der Waals surface area (Å²) in [5, 5.41) is 21.4. The molecule has 1 saturated carbocycles. The van der Waals surface area contributed by atoms with Crippen LogP contribution in [0.1, 0.15) is 45.6 Å². The second-order valence-corrected chi connectivity index (χ2v) is 9.66. The number of halogens is 1. The number of hydrogen-bond donors (Lipinski definition) is 1. The number of rotatable bonds is 3. The number of carbonyl (C=O) groups is 1. The molecule has 2 aliphatic rings. The monoisotopic (exact) mass is 439 g/mol. The number of fused-ring (bicyclic) bond motifs is 1. The molecule has 1 aromatic rings. The molecule has 3 rings (SSSR count). The first-order valence-corrected chi connectivity index (χ1v) is 10.7. The van der Waals surface area contributed by atoms with E-state index in [1.54, 1.807) is 27.9 Å². The normalized spacial score (nSPS) is 26.5. The van der Waals surface area contributed by atoms with Crippen LogP contribution in [0.4, 0.5) is 14.9 Å². The molecule has 0 unspecified atom stereocenters. The Hall–Kier alpha value is -2.20. The second kappa shape index (κ2) is 8.14. The lowest BCUT2D eigenvalue weighted by molar-refractivity contribution is -0.385. The van der Waals surface area contributed by atoms with Gasteiger partial charge in [-0.1, -0.05) is 11.8 Å². The maximum absolute atomic E-state index is 15.0. The standard InChI is InChI=1S/C20H26FN3O5S/c1-19(2,3)23(18(25)26)17-22-20(8-7-14(29-4)9-12(20)11-30-17)15-10-13(24(27)28)5-6-16(15)21/h5-6,10,12,14H,7-9,11H2,1-4H3,(H,25,26)/t12-,14-,20-/m0/s1. The van der Waals surface area contributed by atoms with E-state index in [0.29, 0.717) is 25.0 Å². The van der Waals surface area contributed by atoms with Crippen LogP contribution < -0.4 is 0 Å². The summed E-state index contributed by atoms with van der Waals surface area (Å²) in [5.74, 6) is -0.202. The summed E-state index contributed by atoms with van der Waals surface area (Å²) in [5.41, 5.74) is -1.90. The Morgan fingerprint density at radius 2 is 2.17 bits per heavy atom. The Bertz CT molecular complexity index is 888. The number of non-ortho nitro benzene ring substituents is 1. The number of nitro groups is 1. The van der Waals surface area contributed by atoms with Crippen molar-refractivity contribution >= 4 is 28.7 Å². The highest BCUT2D eigenvalue weighted by atomic mass is 32.2. The van der Waals surface area contributed by atoms with Crippen LogP contribution in [-0.4, -0.2) is 50.7 Å². The lowest BCUT2D eigenvalue weighted by Crippen LogP contribution is -2.53. The molecule has 0 saturated heterocycles. The molecule has 1 aliphatic carbocycles. The summed E-state index contributed by atoms with van der Waals surface area (Å²) in [7, 11) is 1.63. The molecule has 0 radical (unpaired) electrons. The maximum Gasteiger partial charge on any atom is 0.413 e. The minimum atomic E-state index is -1.15. The summed E-state index contributed by atoms with van der Waals surface area (Å²) in [6.07, 6.45) is 0.466. The topological polar surface area (TPSA) is 105 Å². The van der Waals surface area contributed by atoms with Crippen LogP contribution >= 0.6 is 11.8 Å². The lowest BCUT2D eigenvalue weighted by atomic mass is 9.68. The van der Waals surface area contributed by atoms with Gasteiger partial charge in [-0.05, 0) is 46.1 Å². The number of amides is 1. The number of carboxylic acid groups (broad SMARTS) is 1. The number of amidine groups is 1. The third-order valence-electron chi connectivity index (χ3n) is 5.79. The van der Waals surface area contributed by atoms with Gasteiger partial charge in [-0.2, -0.15) is 0 Å². The molecule has 1 N–H and O–H groups in total. The fourth-order valence-electron chi connectivity index (χ4n) is 4.30. The van der Waals surface area contributed by atoms with Gasteiger partial charge in [-0.3, -0.25) is 20.0 Å². The molecule has 1 heterocycles. The number of ether oxygens (including phenoxy) is 1. The van der Waals surface area contributed by atoms with Crippen molar-refractivity contribution < 1.29 is 24.0 Å². The molecule has 1 aromatic carbocycles. The van der Waals surface area contributed by atoms with Crippen molar-refractivity contribution in [1.29, 1.82) is 0 Å². The van der Waals surface area contributed by atoms with E-state index in [1.807, 2.05) is 0 Å². The molecular weight excluding hydrogens is 413 g/mol. The number of benzene rings is 1. The Morgan fingerprint density at radius 1 is 1.47 bits per heavy atom. The van der Waals surface area contributed by atoms with Gasteiger partial charge in [0.15, 0.2) is 5.17 Å². The molecule has 164 valence electrons. The van der Waals surface area contributed by atoms with E-state index in [4.69, 9.17) is 9.73 Å². The van der Waals surface area contributed by atoms with Gasteiger partial charge in [-0.15, -0.1) is 0 Å². The summed E-state index contributed by atoms with van der Waals surface area (Å²) >= 11 is 1.32. The minimum Gasteiger partial charge on any atom is -0.465 e. The average Bonchev–Trinajstić information content (AvgIpc) is 2.66. The third-order valence-corrected chi connectivity index (χ3v) is 6.89. The highest BCUT2D eigenvalue weighted by molar-refractivity contribution is 8.13. The summed E-state index contributed by atoms with van der Waals surface area (Å²) in [4.78, 5) is 28.8. The number of methoxy groups -OCH3 is 1. The van der Waals surface area contributed by atoms with Crippen LogP contribution in [0, 0.1) is 21.8 Å². The Kier molecular flexibility index (Phi) is 6.10. The minimum absolute atomic E-state index is 0.0135. The van der Waals surface area contributed by atoms with Crippen molar-refractivity contribution in [3.05, 3.63) is 39.7 Å². The third kappa shape index (κ3) is 4.02. The molecule has 8 nitrogen and oxygen atoms in total. The van der Waals surface area contributed by atoms with Crippen molar-refractivity contribution in [2.24, 2.45) is 10.9 Å². The molecule has 1 fully saturated rings. The van der Waals surface area contributed by atoms with Crippen LogP contribution in [0.2, 0.25) is 0 Å². The first-order chi connectivity index (χ1) is 14.0. The highest BCUT2D eigenvalue weighted by Crippen LogP contribution is 2.51. The van der Waals surface area contributed by atoms with Gasteiger partial charge in [0.25, 0.3) is 5.69 Å². The average molecular weight is 440 g/mol. The van der Waals surface area contributed by atoms with E-state index in [9.17, 15) is 20.0 Å². The van der Waals surface area contributed by atoms with Crippen LogP contribution in [0.5, 0.6) is 0 Å². The first kappa shape index (κ1) is 22.5. The number of thioether (sulfide) groups is 1. The molecule has 30 heavy (non-hydrogen) atoms. The quantitative estimate of drug-likeness (QED) is 0.544. The van der Waals surface area contributed by atoms with Crippen molar-refractivity contribution in [3.63, 3.8) is 0 Å². The van der Waals surface area contributed by atoms with E-state index >= 15 is 4.39 Å². The summed E-state index contributed by atoms with van der Waals surface area (Å²) in [6.45, 7) is 5.29.